The fourth-order valence-electron chi connectivity index (χ4n) is 4.02. The zero-order valence-corrected chi connectivity index (χ0v) is 19.9. The van der Waals surface area contributed by atoms with Gasteiger partial charge in [-0.15, -0.1) is 0 Å². The van der Waals surface area contributed by atoms with E-state index in [4.69, 9.17) is 9.47 Å². The van der Waals surface area contributed by atoms with Crippen molar-refractivity contribution in [1.29, 1.82) is 0 Å². The number of ether oxygens (including phenoxy) is 2. The number of rotatable bonds is 8. The summed E-state index contributed by atoms with van der Waals surface area (Å²) < 4.78 is 12.4. The van der Waals surface area contributed by atoms with Crippen LogP contribution >= 0.6 is 0 Å². The molecular weight excluding hydrogens is 428 g/mol. The molecule has 0 spiro atoms. The van der Waals surface area contributed by atoms with Crippen molar-refractivity contribution in [1.82, 2.24) is 0 Å². The molecule has 0 unspecified atom stereocenters. The standard InChI is InChI=1S/C33H28O2/c1-25-12-21-32(34-23-26-13-17-30(18-14-26)28-8-4-2-5-9-28)33(22-25)35-24-27-15-19-31(20-16-27)29-10-6-3-7-11-29/h2-22H,23-24H2,1H3. The highest BCUT2D eigenvalue weighted by atomic mass is 16.5. The lowest BCUT2D eigenvalue weighted by Crippen LogP contribution is -2.01. The Balaban J connectivity index is 1.23. The van der Waals surface area contributed by atoms with Gasteiger partial charge in [0.25, 0.3) is 0 Å². The third-order valence-corrected chi connectivity index (χ3v) is 6.01. The molecule has 0 saturated carbocycles. The topological polar surface area (TPSA) is 18.5 Å². The molecule has 172 valence electrons. The van der Waals surface area contributed by atoms with Gasteiger partial charge >= 0.3 is 0 Å². The van der Waals surface area contributed by atoms with Crippen LogP contribution in [0.1, 0.15) is 16.7 Å². The van der Waals surface area contributed by atoms with E-state index >= 15 is 0 Å². The van der Waals surface area contributed by atoms with Gasteiger partial charge in [-0.2, -0.15) is 0 Å². The van der Waals surface area contributed by atoms with Crippen molar-refractivity contribution >= 4 is 0 Å². The Morgan fingerprint density at radius 3 is 1.34 bits per heavy atom. The minimum Gasteiger partial charge on any atom is -0.485 e. The van der Waals surface area contributed by atoms with Crippen molar-refractivity contribution in [2.45, 2.75) is 20.1 Å². The summed E-state index contributed by atoms with van der Waals surface area (Å²) >= 11 is 0. The Morgan fingerprint density at radius 2 is 0.857 bits per heavy atom. The van der Waals surface area contributed by atoms with Crippen LogP contribution < -0.4 is 9.47 Å². The summed E-state index contributed by atoms with van der Waals surface area (Å²) in [5.41, 5.74) is 8.21. The predicted octanol–water partition coefficient (Wildman–Crippen LogP) is 8.49. The van der Waals surface area contributed by atoms with Crippen molar-refractivity contribution in [2.75, 3.05) is 0 Å². The Morgan fingerprint density at radius 1 is 0.429 bits per heavy atom. The summed E-state index contributed by atoms with van der Waals surface area (Å²) in [6.45, 7) is 3.04. The number of benzene rings is 5. The van der Waals surface area contributed by atoms with E-state index in [1.165, 1.54) is 22.3 Å². The fraction of sp³-hybridized carbons (Fsp3) is 0.0909. The van der Waals surface area contributed by atoms with Gasteiger partial charge in [0, 0.05) is 0 Å². The van der Waals surface area contributed by atoms with Crippen LogP contribution in [0.2, 0.25) is 0 Å². The Labute approximate surface area is 207 Å². The molecule has 0 heterocycles. The predicted molar refractivity (Wildman–Crippen MR) is 144 cm³/mol. The van der Waals surface area contributed by atoms with Crippen LogP contribution in [0.5, 0.6) is 11.5 Å². The van der Waals surface area contributed by atoms with Gasteiger partial charge in [-0.1, -0.05) is 115 Å². The van der Waals surface area contributed by atoms with Crippen molar-refractivity contribution in [3.63, 3.8) is 0 Å². The minimum atomic E-state index is 0.486. The van der Waals surface area contributed by atoms with Crippen LogP contribution in [0, 0.1) is 6.92 Å². The van der Waals surface area contributed by atoms with Crippen molar-refractivity contribution in [3.05, 3.63) is 144 Å². The molecule has 5 aromatic rings. The zero-order chi connectivity index (χ0) is 23.9. The van der Waals surface area contributed by atoms with Gasteiger partial charge in [0.1, 0.15) is 13.2 Å². The second-order valence-electron chi connectivity index (χ2n) is 8.65. The summed E-state index contributed by atoms with van der Waals surface area (Å²) in [6, 6.07) is 43.9. The number of hydrogen-bond acceptors (Lipinski definition) is 2. The second-order valence-corrected chi connectivity index (χ2v) is 8.65. The van der Waals surface area contributed by atoms with Gasteiger partial charge in [0.2, 0.25) is 0 Å². The molecular formula is C33H28O2. The molecule has 0 aliphatic carbocycles. The van der Waals surface area contributed by atoms with Crippen LogP contribution in [-0.2, 0) is 13.2 Å². The molecule has 0 aliphatic rings. The van der Waals surface area contributed by atoms with E-state index in [1.54, 1.807) is 0 Å². The van der Waals surface area contributed by atoms with Gasteiger partial charge < -0.3 is 9.47 Å². The monoisotopic (exact) mass is 456 g/mol. The summed E-state index contributed by atoms with van der Waals surface area (Å²) in [5, 5.41) is 0. The first-order chi connectivity index (χ1) is 17.2. The summed E-state index contributed by atoms with van der Waals surface area (Å²) in [5.74, 6) is 1.52. The quantitative estimate of drug-likeness (QED) is 0.233. The lowest BCUT2D eigenvalue weighted by atomic mass is 10.0. The Bertz CT molecular complexity index is 1360. The molecule has 0 aliphatic heterocycles. The average Bonchev–Trinajstić information content (AvgIpc) is 2.93. The van der Waals surface area contributed by atoms with Gasteiger partial charge in [0.05, 0.1) is 0 Å². The summed E-state index contributed by atoms with van der Waals surface area (Å²) in [4.78, 5) is 0. The number of aryl methyl sites for hydroxylation is 1. The summed E-state index contributed by atoms with van der Waals surface area (Å²) in [6.07, 6.45) is 0. The molecule has 35 heavy (non-hydrogen) atoms. The van der Waals surface area contributed by atoms with E-state index < -0.39 is 0 Å². The lowest BCUT2D eigenvalue weighted by Gasteiger charge is -2.14. The highest BCUT2D eigenvalue weighted by molar-refractivity contribution is 5.64. The molecule has 5 aromatic carbocycles. The lowest BCUT2D eigenvalue weighted by molar-refractivity contribution is 0.256. The minimum absolute atomic E-state index is 0.486. The van der Waals surface area contributed by atoms with E-state index in [1.807, 2.05) is 24.3 Å². The molecule has 0 amide bonds. The third kappa shape index (κ3) is 5.80. The summed E-state index contributed by atoms with van der Waals surface area (Å²) in [7, 11) is 0. The van der Waals surface area contributed by atoms with Gasteiger partial charge in [-0.05, 0) is 58.0 Å². The third-order valence-electron chi connectivity index (χ3n) is 6.01. The molecule has 5 rings (SSSR count). The normalized spacial score (nSPS) is 10.7. The van der Waals surface area contributed by atoms with Crippen LogP contribution in [-0.4, -0.2) is 0 Å². The fourth-order valence-corrected chi connectivity index (χ4v) is 4.02. The van der Waals surface area contributed by atoms with Crippen molar-refractivity contribution in [3.8, 4) is 33.8 Å². The number of hydrogen-bond donors (Lipinski definition) is 0. The maximum absolute atomic E-state index is 6.19. The molecule has 0 atom stereocenters. The first-order valence-corrected chi connectivity index (χ1v) is 11.9. The molecule has 0 bridgehead atoms. The average molecular weight is 457 g/mol. The molecule has 0 saturated heterocycles. The molecule has 0 radical (unpaired) electrons. The van der Waals surface area contributed by atoms with Crippen LogP contribution in [0.25, 0.3) is 22.3 Å². The molecule has 2 nitrogen and oxygen atoms in total. The highest BCUT2D eigenvalue weighted by Gasteiger charge is 2.08. The maximum atomic E-state index is 6.19. The van der Waals surface area contributed by atoms with Crippen LogP contribution in [0.15, 0.2) is 127 Å². The highest BCUT2D eigenvalue weighted by Crippen LogP contribution is 2.30. The van der Waals surface area contributed by atoms with Crippen molar-refractivity contribution in [2.24, 2.45) is 0 Å². The van der Waals surface area contributed by atoms with E-state index in [-0.39, 0.29) is 0 Å². The zero-order valence-electron chi connectivity index (χ0n) is 19.9. The van der Waals surface area contributed by atoms with Crippen LogP contribution in [0.3, 0.4) is 0 Å². The van der Waals surface area contributed by atoms with E-state index in [0.29, 0.717) is 13.2 Å². The van der Waals surface area contributed by atoms with Gasteiger partial charge in [-0.3, -0.25) is 0 Å². The molecule has 0 fully saturated rings. The van der Waals surface area contributed by atoms with Crippen molar-refractivity contribution < 1.29 is 9.47 Å². The van der Waals surface area contributed by atoms with Gasteiger partial charge in [0.15, 0.2) is 11.5 Å². The Hall–Kier alpha value is -4.30. The second kappa shape index (κ2) is 10.8. The largest absolute Gasteiger partial charge is 0.485 e. The molecule has 0 aromatic heterocycles. The smallest absolute Gasteiger partial charge is 0.161 e. The Kier molecular flexibility index (Phi) is 6.91. The molecule has 2 heteroatoms. The van der Waals surface area contributed by atoms with E-state index in [9.17, 15) is 0 Å². The van der Waals surface area contributed by atoms with E-state index in [2.05, 4.69) is 110 Å². The first kappa shape index (κ1) is 22.5. The molecule has 0 N–H and O–H groups in total. The van der Waals surface area contributed by atoms with Crippen LogP contribution in [0.4, 0.5) is 0 Å². The first-order valence-electron chi connectivity index (χ1n) is 11.9. The maximum Gasteiger partial charge on any atom is 0.161 e. The van der Waals surface area contributed by atoms with E-state index in [0.717, 1.165) is 28.2 Å². The SMILES string of the molecule is Cc1ccc(OCc2ccc(-c3ccccc3)cc2)c(OCc2ccc(-c3ccccc3)cc2)c1. The van der Waals surface area contributed by atoms with Gasteiger partial charge in [-0.25, -0.2) is 0 Å².